The van der Waals surface area contributed by atoms with E-state index >= 15 is 0 Å². The SMILES string of the molecule is CC1CCN(c2nnccc2C(=N)N)CC1. The third-order valence-electron chi connectivity index (χ3n) is 3.07. The largest absolute Gasteiger partial charge is 0.384 e. The molecule has 1 aliphatic heterocycles. The molecule has 5 heteroatoms. The summed E-state index contributed by atoms with van der Waals surface area (Å²) in [6.07, 6.45) is 3.90. The maximum Gasteiger partial charge on any atom is 0.162 e. The molecule has 5 nitrogen and oxygen atoms in total. The Morgan fingerprint density at radius 2 is 2.19 bits per heavy atom. The van der Waals surface area contributed by atoms with Crippen LogP contribution < -0.4 is 10.6 Å². The number of nitrogens with two attached hydrogens (primary N) is 1. The summed E-state index contributed by atoms with van der Waals surface area (Å²) in [4.78, 5) is 2.17. The van der Waals surface area contributed by atoms with E-state index in [0.29, 0.717) is 5.56 Å². The van der Waals surface area contributed by atoms with E-state index in [1.54, 1.807) is 12.3 Å². The molecular weight excluding hydrogens is 202 g/mol. The highest BCUT2D eigenvalue weighted by atomic mass is 15.3. The molecule has 1 aromatic rings. The molecule has 86 valence electrons. The van der Waals surface area contributed by atoms with Crippen molar-refractivity contribution in [1.29, 1.82) is 5.41 Å². The highest BCUT2D eigenvalue weighted by molar-refractivity contribution is 5.99. The van der Waals surface area contributed by atoms with Gasteiger partial charge in [0, 0.05) is 13.1 Å². The molecule has 2 rings (SSSR count). The molecule has 0 amide bonds. The fourth-order valence-corrected chi connectivity index (χ4v) is 1.99. The van der Waals surface area contributed by atoms with E-state index in [1.165, 1.54) is 0 Å². The summed E-state index contributed by atoms with van der Waals surface area (Å²) in [6.45, 7) is 4.21. The monoisotopic (exact) mass is 219 g/mol. The molecule has 1 fully saturated rings. The minimum atomic E-state index is 0.0588. The molecule has 16 heavy (non-hydrogen) atoms. The number of piperidine rings is 1. The standard InChI is InChI=1S/C11H17N5/c1-8-3-6-16(7-4-8)11-9(10(12)13)2-5-14-15-11/h2,5,8H,3-4,6-7H2,1H3,(H3,12,13). The van der Waals surface area contributed by atoms with Gasteiger partial charge in [0.2, 0.25) is 0 Å². The van der Waals surface area contributed by atoms with Gasteiger partial charge in [0.25, 0.3) is 0 Å². The average molecular weight is 219 g/mol. The summed E-state index contributed by atoms with van der Waals surface area (Å²) >= 11 is 0. The van der Waals surface area contributed by atoms with E-state index in [2.05, 4.69) is 22.0 Å². The van der Waals surface area contributed by atoms with Crippen LogP contribution in [0.15, 0.2) is 12.3 Å². The summed E-state index contributed by atoms with van der Waals surface area (Å²) in [7, 11) is 0. The molecule has 1 aliphatic rings. The molecule has 2 heterocycles. The maximum atomic E-state index is 7.52. The lowest BCUT2D eigenvalue weighted by atomic mass is 9.99. The number of hydrogen-bond acceptors (Lipinski definition) is 4. The van der Waals surface area contributed by atoms with Crippen molar-refractivity contribution in [3.8, 4) is 0 Å². The van der Waals surface area contributed by atoms with Gasteiger partial charge in [-0.2, -0.15) is 5.10 Å². The quantitative estimate of drug-likeness (QED) is 0.574. The van der Waals surface area contributed by atoms with Crippen molar-refractivity contribution in [2.75, 3.05) is 18.0 Å². The van der Waals surface area contributed by atoms with Crippen molar-refractivity contribution in [3.05, 3.63) is 17.8 Å². The molecule has 0 spiro atoms. The molecule has 0 aromatic carbocycles. The topological polar surface area (TPSA) is 78.9 Å². The van der Waals surface area contributed by atoms with Crippen LogP contribution in [-0.4, -0.2) is 29.1 Å². The zero-order valence-electron chi connectivity index (χ0n) is 9.48. The first-order valence-corrected chi connectivity index (χ1v) is 5.59. The summed E-state index contributed by atoms with van der Waals surface area (Å²) in [5.41, 5.74) is 6.22. The molecule has 0 aliphatic carbocycles. The Kier molecular flexibility index (Phi) is 3.03. The van der Waals surface area contributed by atoms with Gasteiger partial charge in [-0.3, -0.25) is 5.41 Å². The van der Waals surface area contributed by atoms with Crippen molar-refractivity contribution >= 4 is 11.7 Å². The van der Waals surface area contributed by atoms with Crippen molar-refractivity contribution in [3.63, 3.8) is 0 Å². The predicted octanol–water partition coefficient (Wildman–Crippen LogP) is 0.997. The van der Waals surface area contributed by atoms with Crippen LogP contribution in [0.1, 0.15) is 25.3 Å². The summed E-state index contributed by atoms with van der Waals surface area (Å²) < 4.78 is 0. The Morgan fingerprint density at radius 1 is 1.50 bits per heavy atom. The number of nitrogen functional groups attached to an aromatic ring is 1. The van der Waals surface area contributed by atoms with Crippen LogP contribution >= 0.6 is 0 Å². The number of rotatable bonds is 2. The molecule has 0 unspecified atom stereocenters. The molecule has 0 radical (unpaired) electrons. The first kappa shape index (κ1) is 10.9. The number of nitrogens with zero attached hydrogens (tertiary/aromatic N) is 3. The number of amidine groups is 1. The fourth-order valence-electron chi connectivity index (χ4n) is 1.99. The summed E-state index contributed by atoms with van der Waals surface area (Å²) in [5, 5.41) is 15.5. The van der Waals surface area contributed by atoms with Gasteiger partial charge in [-0.1, -0.05) is 6.92 Å². The van der Waals surface area contributed by atoms with Crippen molar-refractivity contribution < 1.29 is 0 Å². The molecule has 1 aromatic heterocycles. The maximum absolute atomic E-state index is 7.52. The molecule has 0 saturated carbocycles. The van der Waals surface area contributed by atoms with Gasteiger partial charge < -0.3 is 10.6 Å². The molecule has 1 saturated heterocycles. The second-order valence-corrected chi connectivity index (χ2v) is 4.35. The smallest absolute Gasteiger partial charge is 0.162 e. The summed E-state index contributed by atoms with van der Waals surface area (Å²) in [6, 6.07) is 1.75. The minimum Gasteiger partial charge on any atom is -0.384 e. The van der Waals surface area contributed by atoms with Gasteiger partial charge in [0.1, 0.15) is 5.84 Å². The van der Waals surface area contributed by atoms with Crippen molar-refractivity contribution in [1.82, 2.24) is 10.2 Å². The molecule has 0 atom stereocenters. The van der Waals surface area contributed by atoms with E-state index in [9.17, 15) is 0 Å². The second kappa shape index (κ2) is 4.47. The van der Waals surface area contributed by atoms with Crippen LogP contribution in [0.3, 0.4) is 0 Å². The van der Waals surface area contributed by atoms with Gasteiger partial charge in [-0.15, -0.1) is 5.10 Å². The third kappa shape index (κ3) is 2.13. The number of hydrogen-bond donors (Lipinski definition) is 2. The average Bonchev–Trinajstić information content (AvgIpc) is 2.30. The second-order valence-electron chi connectivity index (χ2n) is 4.35. The molecular formula is C11H17N5. The zero-order valence-corrected chi connectivity index (χ0v) is 9.48. The number of nitrogens with one attached hydrogen (secondary N) is 1. The Balaban J connectivity index is 2.23. The Hall–Kier alpha value is -1.65. The van der Waals surface area contributed by atoms with E-state index in [1.807, 2.05) is 0 Å². The predicted molar refractivity (Wildman–Crippen MR) is 63.7 cm³/mol. The van der Waals surface area contributed by atoms with Gasteiger partial charge in [0.05, 0.1) is 11.8 Å². The highest BCUT2D eigenvalue weighted by Gasteiger charge is 2.20. The van der Waals surface area contributed by atoms with Crippen LogP contribution in [0.5, 0.6) is 0 Å². The lowest BCUT2D eigenvalue weighted by molar-refractivity contribution is 0.436. The van der Waals surface area contributed by atoms with E-state index < -0.39 is 0 Å². The van der Waals surface area contributed by atoms with Gasteiger partial charge in [-0.05, 0) is 24.8 Å². The third-order valence-corrected chi connectivity index (χ3v) is 3.07. The van der Waals surface area contributed by atoms with Crippen LogP contribution in [0, 0.1) is 11.3 Å². The lowest BCUT2D eigenvalue weighted by Crippen LogP contribution is -2.35. The van der Waals surface area contributed by atoms with Crippen LogP contribution in [-0.2, 0) is 0 Å². The first-order valence-electron chi connectivity index (χ1n) is 5.59. The van der Waals surface area contributed by atoms with E-state index in [4.69, 9.17) is 11.1 Å². The van der Waals surface area contributed by atoms with Crippen molar-refractivity contribution in [2.45, 2.75) is 19.8 Å². The zero-order chi connectivity index (χ0) is 11.5. The lowest BCUT2D eigenvalue weighted by Gasteiger charge is -2.31. The molecule has 0 bridgehead atoms. The fraction of sp³-hybridized carbons (Fsp3) is 0.545. The highest BCUT2D eigenvalue weighted by Crippen LogP contribution is 2.23. The Morgan fingerprint density at radius 3 is 2.81 bits per heavy atom. The van der Waals surface area contributed by atoms with E-state index in [-0.39, 0.29) is 5.84 Å². The normalized spacial score (nSPS) is 17.4. The van der Waals surface area contributed by atoms with E-state index in [0.717, 1.165) is 37.7 Å². The van der Waals surface area contributed by atoms with Gasteiger partial charge in [-0.25, -0.2) is 0 Å². The number of aromatic nitrogens is 2. The van der Waals surface area contributed by atoms with Gasteiger partial charge >= 0.3 is 0 Å². The number of anilines is 1. The Labute approximate surface area is 95.2 Å². The molecule has 3 N–H and O–H groups in total. The minimum absolute atomic E-state index is 0.0588. The Bertz CT molecular complexity index is 382. The van der Waals surface area contributed by atoms with Crippen molar-refractivity contribution in [2.24, 2.45) is 11.7 Å². The first-order chi connectivity index (χ1) is 7.68. The summed E-state index contributed by atoms with van der Waals surface area (Å²) in [5.74, 6) is 1.58. The van der Waals surface area contributed by atoms with Crippen LogP contribution in [0.4, 0.5) is 5.82 Å². The van der Waals surface area contributed by atoms with Crippen LogP contribution in [0.25, 0.3) is 0 Å². The van der Waals surface area contributed by atoms with Gasteiger partial charge in [0.15, 0.2) is 5.82 Å². The van der Waals surface area contributed by atoms with Crippen LogP contribution in [0.2, 0.25) is 0 Å².